The van der Waals surface area contributed by atoms with E-state index in [1.807, 2.05) is 0 Å². The average Bonchev–Trinajstić information content (AvgIpc) is 2.35. The van der Waals surface area contributed by atoms with Gasteiger partial charge < -0.3 is 0 Å². The molecule has 5 nitrogen and oxygen atoms in total. The first-order valence-electron chi connectivity index (χ1n) is 5.68. The van der Waals surface area contributed by atoms with Gasteiger partial charge in [-0.3, -0.25) is 4.72 Å². The van der Waals surface area contributed by atoms with Crippen molar-refractivity contribution in [2.24, 2.45) is 0 Å². The van der Waals surface area contributed by atoms with Gasteiger partial charge in [-0.15, -0.1) is 0 Å². The second kappa shape index (κ2) is 5.59. The summed E-state index contributed by atoms with van der Waals surface area (Å²) in [7, 11) is -3.48. The molecule has 2 rings (SSSR count). The van der Waals surface area contributed by atoms with Crippen LogP contribution < -0.4 is 4.72 Å². The summed E-state index contributed by atoms with van der Waals surface area (Å²) in [5.74, 6) is 0. The van der Waals surface area contributed by atoms with E-state index in [4.69, 9.17) is 23.2 Å². The molecule has 0 aromatic carbocycles. The van der Waals surface area contributed by atoms with Crippen molar-refractivity contribution in [2.45, 2.75) is 37.4 Å². The predicted octanol–water partition coefficient (Wildman–Crippen LogP) is 2.86. The fourth-order valence-electron chi connectivity index (χ4n) is 2.03. The van der Waals surface area contributed by atoms with Gasteiger partial charge in [0.1, 0.15) is 12.0 Å². The molecule has 0 atom stereocenters. The standard InChI is InChI=1S/C10H13Cl2N3O2S/c11-9-8(10(12)14-6-13-9)15-18(16,17)7-4-2-1-3-5-7/h6-7,15H,1-5H2. The lowest BCUT2D eigenvalue weighted by Gasteiger charge is -2.22. The van der Waals surface area contributed by atoms with E-state index in [1.54, 1.807) is 0 Å². The Morgan fingerprint density at radius 2 is 1.67 bits per heavy atom. The molecule has 1 saturated carbocycles. The lowest BCUT2D eigenvalue weighted by molar-refractivity contribution is 0.486. The van der Waals surface area contributed by atoms with E-state index in [2.05, 4.69) is 14.7 Å². The van der Waals surface area contributed by atoms with Gasteiger partial charge in [-0.25, -0.2) is 18.4 Å². The summed E-state index contributed by atoms with van der Waals surface area (Å²) < 4.78 is 26.8. The topological polar surface area (TPSA) is 72.0 Å². The van der Waals surface area contributed by atoms with E-state index in [-0.39, 0.29) is 16.0 Å². The zero-order chi connectivity index (χ0) is 13.2. The van der Waals surface area contributed by atoms with Crippen molar-refractivity contribution in [1.82, 2.24) is 9.97 Å². The SMILES string of the molecule is O=S(=O)(Nc1c(Cl)ncnc1Cl)C1CCCCC1. The van der Waals surface area contributed by atoms with Crippen molar-refractivity contribution in [1.29, 1.82) is 0 Å². The Morgan fingerprint density at radius 1 is 1.11 bits per heavy atom. The van der Waals surface area contributed by atoms with E-state index in [1.165, 1.54) is 6.33 Å². The molecular formula is C10H13Cl2N3O2S. The molecule has 1 heterocycles. The number of sulfonamides is 1. The van der Waals surface area contributed by atoms with Crippen LogP contribution in [0, 0.1) is 0 Å². The van der Waals surface area contributed by atoms with E-state index in [0.29, 0.717) is 12.8 Å². The number of hydrogen-bond acceptors (Lipinski definition) is 4. The summed E-state index contributed by atoms with van der Waals surface area (Å²) in [6.45, 7) is 0. The van der Waals surface area contributed by atoms with Crippen LogP contribution >= 0.6 is 23.2 Å². The minimum absolute atomic E-state index is 0.00869. The normalized spacial score (nSPS) is 17.7. The molecular weight excluding hydrogens is 297 g/mol. The summed E-state index contributed by atoms with van der Waals surface area (Å²) >= 11 is 11.6. The second-order valence-corrected chi connectivity index (χ2v) is 6.91. The van der Waals surface area contributed by atoms with Crippen LogP contribution in [0.2, 0.25) is 10.3 Å². The molecule has 0 radical (unpaired) electrons. The van der Waals surface area contributed by atoms with Crippen molar-refractivity contribution in [3.05, 3.63) is 16.6 Å². The molecule has 0 bridgehead atoms. The summed E-state index contributed by atoms with van der Waals surface area (Å²) in [5.41, 5.74) is 0.0615. The zero-order valence-corrected chi connectivity index (χ0v) is 11.9. The maximum absolute atomic E-state index is 12.2. The molecule has 0 amide bonds. The van der Waals surface area contributed by atoms with Gasteiger partial charge in [-0.05, 0) is 12.8 Å². The number of halogens is 2. The predicted molar refractivity (Wildman–Crippen MR) is 71.5 cm³/mol. The van der Waals surface area contributed by atoms with Gasteiger partial charge in [-0.1, -0.05) is 42.5 Å². The van der Waals surface area contributed by atoms with Gasteiger partial charge >= 0.3 is 0 Å². The molecule has 1 aromatic heterocycles. The number of nitrogens with one attached hydrogen (secondary N) is 1. The first-order chi connectivity index (χ1) is 8.50. The largest absolute Gasteiger partial charge is 0.277 e. The average molecular weight is 310 g/mol. The van der Waals surface area contributed by atoms with Crippen LogP contribution in [0.3, 0.4) is 0 Å². The second-order valence-electron chi connectivity index (χ2n) is 4.24. The number of nitrogens with zero attached hydrogens (tertiary/aromatic N) is 2. The zero-order valence-electron chi connectivity index (χ0n) is 9.57. The van der Waals surface area contributed by atoms with Crippen LogP contribution in [0.5, 0.6) is 0 Å². The maximum atomic E-state index is 12.2. The quantitative estimate of drug-likeness (QED) is 0.871. The smallest absolute Gasteiger partial charge is 0.235 e. The fraction of sp³-hybridized carbons (Fsp3) is 0.600. The van der Waals surface area contributed by atoms with E-state index in [0.717, 1.165) is 19.3 Å². The number of rotatable bonds is 3. The van der Waals surface area contributed by atoms with Crippen molar-refractivity contribution in [2.75, 3.05) is 4.72 Å². The van der Waals surface area contributed by atoms with Crippen LogP contribution in [-0.2, 0) is 10.0 Å². The van der Waals surface area contributed by atoms with Crippen molar-refractivity contribution < 1.29 is 8.42 Å². The molecule has 1 aromatic rings. The minimum Gasteiger partial charge on any atom is -0.277 e. The van der Waals surface area contributed by atoms with Crippen LogP contribution in [0.25, 0.3) is 0 Å². The number of anilines is 1. The van der Waals surface area contributed by atoms with Gasteiger partial charge in [-0.2, -0.15) is 0 Å². The number of aromatic nitrogens is 2. The van der Waals surface area contributed by atoms with Crippen LogP contribution in [0.4, 0.5) is 5.69 Å². The maximum Gasteiger partial charge on any atom is 0.235 e. The van der Waals surface area contributed by atoms with Crippen molar-refractivity contribution >= 4 is 38.9 Å². The lowest BCUT2D eigenvalue weighted by Crippen LogP contribution is -2.30. The van der Waals surface area contributed by atoms with E-state index >= 15 is 0 Å². The van der Waals surface area contributed by atoms with Crippen LogP contribution in [-0.4, -0.2) is 23.6 Å². The Bertz CT molecular complexity index is 510. The summed E-state index contributed by atoms with van der Waals surface area (Å²) in [5, 5.41) is -0.373. The van der Waals surface area contributed by atoms with Gasteiger partial charge in [0.05, 0.1) is 5.25 Å². The summed E-state index contributed by atoms with van der Waals surface area (Å²) in [6, 6.07) is 0. The third-order valence-electron chi connectivity index (χ3n) is 2.99. The highest BCUT2D eigenvalue weighted by Gasteiger charge is 2.28. The Hall–Kier alpha value is -0.590. The molecule has 0 spiro atoms. The molecule has 1 aliphatic rings. The highest BCUT2D eigenvalue weighted by molar-refractivity contribution is 7.93. The molecule has 0 saturated heterocycles. The molecule has 0 unspecified atom stereocenters. The molecule has 18 heavy (non-hydrogen) atoms. The Labute approximate surface area is 116 Å². The van der Waals surface area contributed by atoms with E-state index in [9.17, 15) is 8.42 Å². The van der Waals surface area contributed by atoms with Crippen LogP contribution in [0.15, 0.2) is 6.33 Å². The third kappa shape index (κ3) is 3.05. The highest BCUT2D eigenvalue weighted by atomic mass is 35.5. The van der Waals surface area contributed by atoms with Gasteiger partial charge in [0.2, 0.25) is 10.0 Å². The summed E-state index contributed by atoms with van der Waals surface area (Å²) in [4.78, 5) is 7.42. The Balaban J connectivity index is 2.22. The first-order valence-corrected chi connectivity index (χ1v) is 7.98. The summed E-state index contributed by atoms with van der Waals surface area (Å²) in [6.07, 6.45) is 5.46. The van der Waals surface area contributed by atoms with Crippen molar-refractivity contribution in [3.63, 3.8) is 0 Å². The monoisotopic (exact) mass is 309 g/mol. The fourth-order valence-corrected chi connectivity index (χ4v) is 4.15. The molecule has 8 heteroatoms. The Morgan fingerprint density at radius 3 is 2.22 bits per heavy atom. The molecule has 0 aliphatic heterocycles. The van der Waals surface area contributed by atoms with Crippen LogP contribution in [0.1, 0.15) is 32.1 Å². The first kappa shape index (κ1) is 13.8. The highest BCUT2D eigenvalue weighted by Crippen LogP contribution is 2.30. The third-order valence-corrected chi connectivity index (χ3v) is 5.40. The van der Waals surface area contributed by atoms with Gasteiger partial charge in [0.15, 0.2) is 10.3 Å². The molecule has 1 N–H and O–H groups in total. The van der Waals surface area contributed by atoms with Crippen molar-refractivity contribution in [3.8, 4) is 0 Å². The minimum atomic E-state index is -3.48. The molecule has 100 valence electrons. The van der Waals surface area contributed by atoms with Gasteiger partial charge in [0, 0.05) is 0 Å². The number of hydrogen-bond donors (Lipinski definition) is 1. The lowest BCUT2D eigenvalue weighted by atomic mass is 10.0. The van der Waals surface area contributed by atoms with E-state index < -0.39 is 15.3 Å². The molecule has 1 aliphatic carbocycles. The Kier molecular flexibility index (Phi) is 4.29. The van der Waals surface area contributed by atoms with Gasteiger partial charge in [0.25, 0.3) is 0 Å². The molecule has 1 fully saturated rings.